The number of carbonyl (C=O) groups excluding carboxylic acids is 2. The number of nitro groups is 1. The number of anilines is 2. The number of hydrogen-bond donors (Lipinski definition) is 3. The van der Waals surface area contributed by atoms with Gasteiger partial charge in [-0.15, -0.1) is 0 Å². The molecular weight excluding hydrogens is 613 g/mol. The normalized spacial score (nSPS) is 23.1. The van der Waals surface area contributed by atoms with E-state index in [1.165, 1.54) is 78.8 Å². The first-order valence-corrected chi connectivity index (χ1v) is 16.8. The standard InChI is InChI=1S/C33H36FN5O6S/c1-38(2)32(41)36-29-14-25(34)7-9-27(29)23-3-5-24(6-4-23)31(40)37-46(44,45)26-8-10-28(30(15-26)39(42)43)35-19-33-16-20-11-21(17-33)13-22(12-20)18-33/h3-10,14-15,20-22,35H,11-13,16-19H2,1-2H3,(H,36,41)(H,37,40). The summed E-state index contributed by atoms with van der Waals surface area (Å²) in [5.41, 5.74) is 1.26. The number of sulfonamides is 1. The lowest BCUT2D eigenvalue weighted by molar-refractivity contribution is -0.384. The molecule has 3 aromatic rings. The summed E-state index contributed by atoms with van der Waals surface area (Å²) in [4.78, 5) is 37.4. The topological polar surface area (TPSA) is 151 Å². The molecule has 4 aliphatic carbocycles. The van der Waals surface area contributed by atoms with Crippen molar-refractivity contribution in [1.82, 2.24) is 9.62 Å². The van der Waals surface area contributed by atoms with Crippen molar-refractivity contribution < 1.29 is 27.3 Å². The molecule has 242 valence electrons. The lowest BCUT2D eigenvalue weighted by Crippen LogP contribution is -2.49. The summed E-state index contributed by atoms with van der Waals surface area (Å²) in [6.07, 6.45) is 7.22. The molecule has 0 heterocycles. The fourth-order valence-corrected chi connectivity index (χ4v) is 8.90. The van der Waals surface area contributed by atoms with Crippen molar-refractivity contribution in [2.75, 3.05) is 31.3 Å². The van der Waals surface area contributed by atoms with Crippen molar-refractivity contribution in [3.05, 3.63) is 82.2 Å². The van der Waals surface area contributed by atoms with Crippen molar-refractivity contribution in [2.24, 2.45) is 23.2 Å². The van der Waals surface area contributed by atoms with Gasteiger partial charge in [0.25, 0.3) is 21.6 Å². The van der Waals surface area contributed by atoms with Gasteiger partial charge in [-0.1, -0.05) is 12.1 Å². The number of nitrogens with zero attached hydrogens (tertiary/aromatic N) is 2. The minimum atomic E-state index is -4.45. The van der Waals surface area contributed by atoms with Gasteiger partial charge in [0.1, 0.15) is 11.5 Å². The van der Waals surface area contributed by atoms with Gasteiger partial charge in [-0.2, -0.15) is 0 Å². The van der Waals surface area contributed by atoms with Crippen LogP contribution in [0.3, 0.4) is 0 Å². The van der Waals surface area contributed by atoms with E-state index in [2.05, 4.69) is 10.6 Å². The zero-order chi connectivity index (χ0) is 32.8. The molecule has 0 radical (unpaired) electrons. The molecule has 4 bridgehead atoms. The van der Waals surface area contributed by atoms with E-state index < -0.39 is 37.6 Å². The van der Waals surface area contributed by atoms with Crippen LogP contribution < -0.4 is 15.4 Å². The number of carbonyl (C=O) groups is 2. The van der Waals surface area contributed by atoms with Crippen LogP contribution in [0.25, 0.3) is 11.1 Å². The predicted octanol–water partition coefficient (Wildman–Crippen LogP) is 6.24. The minimum absolute atomic E-state index is 0.0108. The molecule has 46 heavy (non-hydrogen) atoms. The highest BCUT2D eigenvalue weighted by Crippen LogP contribution is 2.60. The molecule has 0 atom stereocenters. The van der Waals surface area contributed by atoms with Gasteiger partial charge < -0.3 is 15.5 Å². The predicted molar refractivity (Wildman–Crippen MR) is 171 cm³/mol. The maximum atomic E-state index is 13.9. The molecule has 4 saturated carbocycles. The average molecular weight is 650 g/mol. The second-order valence-electron chi connectivity index (χ2n) is 13.2. The van der Waals surface area contributed by atoms with E-state index in [0.29, 0.717) is 17.7 Å². The third-order valence-corrected chi connectivity index (χ3v) is 10.9. The Labute approximate surface area is 266 Å². The van der Waals surface area contributed by atoms with Gasteiger partial charge in [-0.25, -0.2) is 22.3 Å². The Bertz CT molecular complexity index is 1780. The van der Waals surface area contributed by atoms with Gasteiger partial charge in [0.2, 0.25) is 0 Å². The Morgan fingerprint density at radius 2 is 1.57 bits per heavy atom. The van der Waals surface area contributed by atoms with Crippen LogP contribution in [0.5, 0.6) is 0 Å². The maximum absolute atomic E-state index is 13.9. The summed E-state index contributed by atoms with van der Waals surface area (Å²) >= 11 is 0. The fraction of sp³-hybridized carbons (Fsp3) is 0.394. The number of urea groups is 1. The van der Waals surface area contributed by atoms with Crippen molar-refractivity contribution in [2.45, 2.75) is 43.4 Å². The van der Waals surface area contributed by atoms with Crippen LogP contribution in [0.15, 0.2) is 65.6 Å². The van der Waals surface area contributed by atoms with Gasteiger partial charge in [0.15, 0.2) is 0 Å². The second-order valence-corrected chi connectivity index (χ2v) is 14.9. The van der Waals surface area contributed by atoms with E-state index in [0.717, 1.165) is 43.1 Å². The number of benzene rings is 3. The minimum Gasteiger partial charge on any atom is -0.379 e. The number of rotatable bonds is 9. The summed E-state index contributed by atoms with van der Waals surface area (Å²) in [7, 11) is -1.36. The molecule has 4 aliphatic rings. The van der Waals surface area contributed by atoms with Gasteiger partial charge in [-0.3, -0.25) is 14.9 Å². The van der Waals surface area contributed by atoms with E-state index in [9.17, 15) is 32.5 Å². The quantitative estimate of drug-likeness (QED) is 0.183. The molecule has 3 amide bonds. The second kappa shape index (κ2) is 12.0. The molecule has 0 aliphatic heterocycles. The summed E-state index contributed by atoms with van der Waals surface area (Å²) in [6, 6.07) is 12.9. The summed E-state index contributed by atoms with van der Waals surface area (Å²) in [6.45, 7) is 0.609. The highest BCUT2D eigenvalue weighted by molar-refractivity contribution is 7.90. The summed E-state index contributed by atoms with van der Waals surface area (Å²) < 4.78 is 42.2. The average Bonchev–Trinajstić information content (AvgIpc) is 2.99. The van der Waals surface area contributed by atoms with Crippen LogP contribution in [0.4, 0.5) is 26.2 Å². The van der Waals surface area contributed by atoms with Gasteiger partial charge >= 0.3 is 6.03 Å². The number of nitrogens with one attached hydrogen (secondary N) is 3. The Hall–Kier alpha value is -4.52. The Morgan fingerprint density at radius 3 is 2.15 bits per heavy atom. The molecular formula is C33H36FN5O6S. The molecule has 11 nitrogen and oxygen atoms in total. The Balaban J connectivity index is 1.15. The zero-order valence-electron chi connectivity index (χ0n) is 25.6. The van der Waals surface area contributed by atoms with Gasteiger partial charge in [-0.05, 0) is 110 Å². The van der Waals surface area contributed by atoms with E-state index in [1.54, 1.807) is 14.1 Å². The van der Waals surface area contributed by atoms with E-state index in [1.807, 2.05) is 4.72 Å². The van der Waals surface area contributed by atoms with Crippen LogP contribution >= 0.6 is 0 Å². The Kier molecular flexibility index (Phi) is 8.21. The molecule has 3 N–H and O–H groups in total. The monoisotopic (exact) mass is 649 g/mol. The van der Waals surface area contributed by atoms with Crippen LogP contribution in [-0.2, 0) is 10.0 Å². The third kappa shape index (κ3) is 6.41. The summed E-state index contributed by atoms with van der Waals surface area (Å²) in [5, 5.41) is 17.9. The van der Waals surface area contributed by atoms with Crippen molar-refractivity contribution >= 4 is 39.0 Å². The van der Waals surface area contributed by atoms with E-state index in [4.69, 9.17) is 0 Å². The van der Waals surface area contributed by atoms with Crippen LogP contribution in [0.1, 0.15) is 48.9 Å². The zero-order valence-corrected chi connectivity index (χ0v) is 26.4. The number of amides is 3. The maximum Gasteiger partial charge on any atom is 0.321 e. The molecule has 13 heteroatoms. The highest BCUT2D eigenvalue weighted by Gasteiger charge is 2.50. The molecule has 7 rings (SSSR count). The Morgan fingerprint density at radius 1 is 0.935 bits per heavy atom. The molecule has 3 aromatic carbocycles. The fourth-order valence-electron chi connectivity index (χ4n) is 7.91. The van der Waals surface area contributed by atoms with Crippen LogP contribution in [-0.4, -0.2) is 50.8 Å². The van der Waals surface area contributed by atoms with Crippen LogP contribution in [0.2, 0.25) is 0 Å². The number of hydrogen-bond acceptors (Lipinski definition) is 7. The lowest BCUT2D eigenvalue weighted by atomic mass is 9.49. The number of nitro benzene ring substituents is 1. The van der Waals surface area contributed by atoms with E-state index in [-0.39, 0.29) is 28.0 Å². The first kappa shape index (κ1) is 31.5. The van der Waals surface area contributed by atoms with Crippen molar-refractivity contribution in [1.29, 1.82) is 0 Å². The van der Waals surface area contributed by atoms with Crippen LogP contribution in [0, 0.1) is 39.1 Å². The van der Waals surface area contributed by atoms with Gasteiger partial charge in [0.05, 0.1) is 15.5 Å². The molecule has 0 spiro atoms. The first-order chi connectivity index (χ1) is 21.8. The molecule has 4 fully saturated rings. The SMILES string of the molecule is CN(C)C(=O)Nc1cc(F)ccc1-c1ccc(C(=O)NS(=O)(=O)c2ccc(NCC34CC5CC(CC(C5)C3)C4)c([N+](=O)[O-])c2)cc1. The van der Waals surface area contributed by atoms with Crippen molar-refractivity contribution in [3.8, 4) is 11.1 Å². The summed E-state index contributed by atoms with van der Waals surface area (Å²) in [5.74, 6) is 0.702. The van der Waals surface area contributed by atoms with Gasteiger partial charge in [0, 0.05) is 37.8 Å². The van der Waals surface area contributed by atoms with Crippen molar-refractivity contribution in [3.63, 3.8) is 0 Å². The first-order valence-electron chi connectivity index (χ1n) is 15.3. The molecule has 0 aromatic heterocycles. The smallest absolute Gasteiger partial charge is 0.321 e. The highest BCUT2D eigenvalue weighted by atomic mass is 32.2. The number of halogens is 1. The molecule has 0 saturated heterocycles. The third-order valence-electron chi connectivity index (χ3n) is 9.61. The lowest BCUT2D eigenvalue weighted by Gasteiger charge is -2.57. The largest absolute Gasteiger partial charge is 0.379 e. The molecule has 0 unspecified atom stereocenters. The van der Waals surface area contributed by atoms with E-state index >= 15 is 0 Å².